The number of benzene rings is 2. The number of carbonyl (C=O) groups excluding carboxylic acids is 1. The first kappa shape index (κ1) is 20.7. The molecule has 2 aliphatic rings. The molecule has 0 saturated carbocycles. The molecular formula is C25H33N3O2. The van der Waals surface area contributed by atoms with E-state index in [0.29, 0.717) is 18.4 Å². The van der Waals surface area contributed by atoms with Gasteiger partial charge in [0, 0.05) is 51.7 Å². The van der Waals surface area contributed by atoms with Gasteiger partial charge in [-0.25, -0.2) is 0 Å². The highest BCUT2D eigenvalue weighted by atomic mass is 16.5. The minimum Gasteiger partial charge on any atom is -0.495 e. The molecule has 0 aromatic heterocycles. The molecule has 2 aromatic rings. The topological polar surface area (TPSA) is 36.0 Å². The van der Waals surface area contributed by atoms with Crippen LogP contribution in [-0.4, -0.2) is 68.1 Å². The number of ether oxygens (including phenoxy) is 1. The van der Waals surface area contributed by atoms with Crippen LogP contribution in [0.25, 0.3) is 0 Å². The van der Waals surface area contributed by atoms with E-state index in [1.54, 1.807) is 7.11 Å². The molecule has 5 nitrogen and oxygen atoms in total. The number of hydrogen-bond donors (Lipinski definition) is 0. The van der Waals surface area contributed by atoms with Crippen molar-refractivity contribution in [2.24, 2.45) is 0 Å². The molecule has 0 bridgehead atoms. The van der Waals surface area contributed by atoms with Crippen molar-refractivity contribution < 1.29 is 9.53 Å². The van der Waals surface area contributed by atoms with Gasteiger partial charge in [0.05, 0.1) is 12.8 Å². The third kappa shape index (κ3) is 4.96. The first-order chi connectivity index (χ1) is 14.7. The van der Waals surface area contributed by atoms with Crippen LogP contribution >= 0.6 is 0 Å². The lowest BCUT2D eigenvalue weighted by Gasteiger charge is -2.44. The van der Waals surface area contributed by atoms with Crippen molar-refractivity contribution in [2.45, 2.75) is 31.7 Å². The molecule has 0 N–H and O–H groups in total. The minimum absolute atomic E-state index is 0.302. The summed E-state index contributed by atoms with van der Waals surface area (Å²) in [5.74, 6) is 1.25. The van der Waals surface area contributed by atoms with E-state index in [0.717, 1.165) is 57.9 Å². The van der Waals surface area contributed by atoms with Gasteiger partial charge in [0.25, 0.3) is 0 Å². The lowest BCUT2D eigenvalue weighted by Crippen LogP contribution is -2.56. The number of methoxy groups -OCH3 is 1. The van der Waals surface area contributed by atoms with Gasteiger partial charge in [-0.1, -0.05) is 42.5 Å². The van der Waals surface area contributed by atoms with Crippen LogP contribution in [0.3, 0.4) is 0 Å². The molecule has 1 atom stereocenters. The molecule has 0 radical (unpaired) electrons. The second kappa shape index (κ2) is 9.98. The van der Waals surface area contributed by atoms with Crippen molar-refractivity contribution in [2.75, 3.05) is 51.3 Å². The summed E-state index contributed by atoms with van der Waals surface area (Å²) >= 11 is 0. The van der Waals surface area contributed by atoms with Gasteiger partial charge in [-0.15, -0.1) is 0 Å². The summed E-state index contributed by atoms with van der Waals surface area (Å²) in [6, 6.07) is 19.1. The Morgan fingerprint density at radius 2 is 1.70 bits per heavy atom. The van der Waals surface area contributed by atoms with Crippen LogP contribution in [0, 0.1) is 0 Å². The van der Waals surface area contributed by atoms with Crippen LogP contribution in [0.1, 0.15) is 24.8 Å². The Morgan fingerprint density at radius 1 is 0.967 bits per heavy atom. The van der Waals surface area contributed by atoms with Gasteiger partial charge >= 0.3 is 0 Å². The van der Waals surface area contributed by atoms with E-state index in [9.17, 15) is 4.79 Å². The fourth-order valence-corrected chi connectivity index (χ4v) is 4.75. The van der Waals surface area contributed by atoms with Crippen LogP contribution in [0.15, 0.2) is 54.6 Å². The van der Waals surface area contributed by atoms with Gasteiger partial charge in [-0.05, 0) is 37.0 Å². The molecule has 5 heteroatoms. The van der Waals surface area contributed by atoms with Gasteiger partial charge in [-0.2, -0.15) is 0 Å². The average molecular weight is 408 g/mol. The molecule has 0 spiro atoms. The Bertz CT molecular complexity index is 818. The maximum Gasteiger partial charge on any atom is 0.222 e. The normalized spacial score (nSPS) is 20.2. The van der Waals surface area contributed by atoms with Gasteiger partial charge in [0.15, 0.2) is 0 Å². The van der Waals surface area contributed by atoms with E-state index >= 15 is 0 Å². The number of amides is 1. The highest BCUT2D eigenvalue weighted by Crippen LogP contribution is 2.29. The van der Waals surface area contributed by atoms with Crippen LogP contribution in [-0.2, 0) is 11.2 Å². The number of hydrogen-bond acceptors (Lipinski definition) is 4. The Hall–Kier alpha value is -2.53. The first-order valence-corrected chi connectivity index (χ1v) is 11.2. The number of anilines is 1. The van der Waals surface area contributed by atoms with Crippen molar-refractivity contribution in [1.29, 1.82) is 0 Å². The monoisotopic (exact) mass is 407 g/mol. The quantitative estimate of drug-likeness (QED) is 0.735. The molecule has 1 amide bonds. The van der Waals surface area contributed by atoms with E-state index in [2.05, 4.69) is 39.0 Å². The molecule has 2 heterocycles. The SMILES string of the molecule is COc1ccccc1N1CCN(C2CCCN(C(=O)CCc3ccccc3)C2)CC1. The van der Waals surface area contributed by atoms with E-state index in [1.807, 2.05) is 30.3 Å². The fourth-order valence-electron chi connectivity index (χ4n) is 4.75. The van der Waals surface area contributed by atoms with Crippen molar-refractivity contribution in [3.63, 3.8) is 0 Å². The van der Waals surface area contributed by atoms with Crippen LogP contribution in [0.5, 0.6) is 5.75 Å². The van der Waals surface area contributed by atoms with Crippen LogP contribution in [0.2, 0.25) is 0 Å². The summed E-state index contributed by atoms with van der Waals surface area (Å²) in [6.07, 6.45) is 3.74. The maximum atomic E-state index is 12.8. The molecule has 4 rings (SSSR count). The number of nitrogens with zero attached hydrogens (tertiary/aromatic N) is 3. The van der Waals surface area contributed by atoms with E-state index in [4.69, 9.17) is 4.74 Å². The predicted octanol–water partition coefficient (Wildman–Crippen LogP) is 3.44. The highest BCUT2D eigenvalue weighted by Gasteiger charge is 2.30. The lowest BCUT2D eigenvalue weighted by atomic mass is 10.0. The summed E-state index contributed by atoms with van der Waals surface area (Å²) in [6.45, 7) is 5.86. The molecule has 160 valence electrons. The third-order valence-electron chi connectivity index (χ3n) is 6.48. The first-order valence-electron chi connectivity index (χ1n) is 11.2. The molecule has 1 unspecified atom stereocenters. The van der Waals surface area contributed by atoms with Crippen molar-refractivity contribution in [3.8, 4) is 5.75 Å². The Balaban J connectivity index is 1.28. The zero-order valence-corrected chi connectivity index (χ0v) is 18.0. The fraction of sp³-hybridized carbons (Fsp3) is 0.480. The molecule has 30 heavy (non-hydrogen) atoms. The van der Waals surface area contributed by atoms with Gasteiger partial charge < -0.3 is 14.5 Å². The second-order valence-electron chi connectivity index (χ2n) is 8.32. The minimum atomic E-state index is 0.302. The average Bonchev–Trinajstić information content (AvgIpc) is 2.83. The summed E-state index contributed by atoms with van der Waals surface area (Å²) in [5.41, 5.74) is 2.42. The van der Waals surface area contributed by atoms with Crippen LogP contribution < -0.4 is 9.64 Å². The summed E-state index contributed by atoms with van der Waals surface area (Å²) in [5, 5.41) is 0. The second-order valence-corrected chi connectivity index (χ2v) is 8.32. The number of carbonyl (C=O) groups is 1. The van der Waals surface area contributed by atoms with E-state index < -0.39 is 0 Å². The van der Waals surface area contributed by atoms with Gasteiger partial charge in [0.2, 0.25) is 5.91 Å². The number of para-hydroxylation sites is 2. The summed E-state index contributed by atoms with van der Waals surface area (Å²) < 4.78 is 5.54. The zero-order valence-electron chi connectivity index (χ0n) is 18.0. The predicted molar refractivity (Wildman–Crippen MR) is 121 cm³/mol. The maximum absolute atomic E-state index is 12.8. The summed E-state index contributed by atoms with van der Waals surface area (Å²) in [7, 11) is 1.74. The van der Waals surface area contributed by atoms with Crippen LogP contribution in [0.4, 0.5) is 5.69 Å². The van der Waals surface area contributed by atoms with Crippen molar-refractivity contribution in [3.05, 3.63) is 60.2 Å². The van der Waals surface area contributed by atoms with E-state index in [-0.39, 0.29) is 0 Å². The number of piperidine rings is 1. The van der Waals surface area contributed by atoms with E-state index in [1.165, 1.54) is 17.7 Å². The lowest BCUT2D eigenvalue weighted by molar-refractivity contribution is -0.133. The molecule has 2 aromatic carbocycles. The standard InChI is InChI=1S/C25H33N3O2/c1-30-24-12-6-5-11-23(24)27-18-16-26(17-19-27)22-10-7-15-28(20-22)25(29)14-13-21-8-3-2-4-9-21/h2-6,8-9,11-12,22H,7,10,13-20H2,1H3. The summed E-state index contributed by atoms with van der Waals surface area (Å²) in [4.78, 5) is 19.9. The largest absolute Gasteiger partial charge is 0.495 e. The zero-order chi connectivity index (χ0) is 20.8. The molecule has 2 fully saturated rings. The number of piperazine rings is 1. The smallest absolute Gasteiger partial charge is 0.222 e. The molecule has 0 aliphatic carbocycles. The Morgan fingerprint density at radius 3 is 2.47 bits per heavy atom. The molecule has 2 aliphatic heterocycles. The Kier molecular flexibility index (Phi) is 6.90. The number of rotatable bonds is 6. The molecule has 2 saturated heterocycles. The van der Waals surface area contributed by atoms with Crippen molar-refractivity contribution in [1.82, 2.24) is 9.80 Å². The number of aryl methyl sites for hydroxylation is 1. The van der Waals surface area contributed by atoms with Gasteiger partial charge in [-0.3, -0.25) is 9.69 Å². The third-order valence-corrected chi connectivity index (χ3v) is 6.48. The van der Waals surface area contributed by atoms with Gasteiger partial charge in [0.1, 0.15) is 5.75 Å². The number of likely N-dealkylation sites (tertiary alicyclic amines) is 1. The Labute approximate surface area is 180 Å². The highest BCUT2D eigenvalue weighted by molar-refractivity contribution is 5.76. The molecular weight excluding hydrogens is 374 g/mol. The van der Waals surface area contributed by atoms with Crippen molar-refractivity contribution >= 4 is 11.6 Å².